The second kappa shape index (κ2) is 6.78. The van der Waals surface area contributed by atoms with Gasteiger partial charge in [-0.15, -0.1) is 0 Å². The van der Waals surface area contributed by atoms with Gasteiger partial charge < -0.3 is 14.4 Å². The molecule has 6 heteroatoms. The van der Waals surface area contributed by atoms with Gasteiger partial charge in [0.1, 0.15) is 0 Å². The van der Waals surface area contributed by atoms with E-state index >= 15 is 0 Å². The molecule has 0 radical (unpaired) electrons. The minimum absolute atomic E-state index is 0.139. The van der Waals surface area contributed by atoms with Crippen molar-refractivity contribution in [3.63, 3.8) is 0 Å². The van der Waals surface area contributed by atoms with E-state index in [0.717, 1.165) is 6.42 Å². The molecule has 1 heterocycles. The Labute approximate surface area is 112 Å². The van der Waals surface area contributed by atoms with E-state index in [0.29, 0.717) is 13.1 Å². The summed E-state index contributed by atoms with van der Waals surface area (Å²) >= 11 is 11.1. The van der Waals surface area contributed by atoms with Gasteiger partial charge in [0, 0.05) is 6.54 Å². The topological polar surface area (TPSA) is 38.8 Å². The van der Waals surface area contributed by atoms with Gasteiger partial charge in [0.05, 0.1) is 18.8 Å². The lowest BCUT2D eigenvalue weighted by molar-refractivity contribution is -0.239. The third kappa shape index (κ3) is 4.62. The van der Waals surface area contributed by atoms with E-state index < -0.39 is 11.1 Å². The molecule has 0 spiro atoms. The van der Waals surface area contributed by atoms with Crippen LogP contribution in [-0.4, -0.2) is 47.2 Å². The highest BCUT2D eigenvalue weighted by Gasteiger charge is 2.29. The van der Waals surface area contributed by atoms with Crippen LogP contribution in [0.2, 0.25) is 0 Å². The van der Waals surface area contributed by atoms with Crippen molar-refractivity contribution in [2.75, 3.05) is 13.1 Å². The maximum atomic E-state index is 11.7. The van der Waals surface area contributed by atoms with E-state index in [1.807, 2.05) is 20.8 Å². The average Bonchev–Trinajstić information content (AvgIpc) is 2.23. The summed E-state index contributed by atoms with van der Waals surface area (Å²) in [6, 6.07) is 0. The van der Waals surface area contributed by atoms with Crippen molar-refractivity contribution in [2.24, 2.45) is 0 Å². The minimum atomic E-state index is -1.03. The van der Waals surface area contributed by atoms with E-state index in [1.54, 1.807) is 4.90 Å². The van der Waals surface area contributed by atoms with E-state index in [1.165, 1.54) is 0 Å². The second-order valence-corrected chi connectivity index (χ2v) is 5.33. The van der Waals surface area contributed by atoms with Gasteiger partial charge in [0.2, 0.25) is 0 Å². The van der Waals surface area contributed by atoms with Gasteiger partial charge in [0.25, 0.3) is 5.91 Å². The molecule has 100 valence electrons. The summed E-state index contributed by atoms with van der Waals surface area (Å²) in [5.41, 5.74) is 0. The molecule has 4 nitrogen and oxygen atoms in total. The lowest BCUT2D eigenvalue weighted by atomic mass is 10.2. The lowest BCUT2D eigenvalue weighted by Gasteiger charge is -2.35. The first-order chi connectivity index (χ1) is 7.93. The molecule has 0 aromatic heterocycles. The molecule has 0 aliphatic carbocycles. The van der Waals surface area contributed by atoms with Crippen LogP contribution in [0.4, 0.5) is 0 Å². The van der Waals surface area contributed by atoms with Gasteiger partial charge in [-0.05, 0) is 27.2 Å². The molecule has 2 atom stereocenters. The highest BCUT2D eigenvalue weighted by atomic mass is 35.5. The summed E-state index contributed by atoms with van der Waals surface area (Å²) in [4.78, 5) is 12.2. The van der Waals surface area contributed by atoms with Crippen LogP contribution in [0.1, 0.15) is 27.2 Å². The Morgan fingerprint density at radius 2 is 1.88 bits per heavy atom. The highest BCUT2D eigenvalue weighted by Crippen LogP contribution is 2.19. The number of hydrogen-bond donors (Lipinski definition) is 0. The molecule has 0 bridgehead atoms. The smallest absolute Gasteiger partial charge is 0.256 e. The number of carbonyl (C=O) groups is 1. The lowest BCUT2D eigenvalue weighted by Crippen LogP contribution is -2.46. The zero-order valence-corrected chi connectivity index (χ0v) is 11.9. The quantitative estimate of drug-likeness (QED) is 0.743. The Kier molecular flexibility index (Phi) is 6.00. The van der Waals surface area contributed by atoms with E-state index in [-0.39, 0.29) is 18.1 Å². The number of nitrogens with zero attached hydrogens (tertiary/aromatic N) is 1. The zero-order valence-electron chi connectivity index (χ0n) is 10.4. The maximum Gasteiger partial charge on any atom is 0.256 e. The third-order valence-corrected chi connectivity index (χ3v) is 3.05. The van der Waals surface area contributed by atoms with Crippen LogP contribution in [0.15, 0.2) is 0 Å². The molecule has 1 saturated heterocycles. The SMILES string of the molecule is CCN(CC1OC(C)CC(C)O1)C(=O)C(Cl)Cl. The van der Waals surface area contributed by atoms with Crippen LogP contribution < -0.4 is 0 Å². The molecule has 17 heavy (non-hydrogen) atoms. The standard InChI is InChI=1S/C11H19Cl2NO3/c1-4-14(11(15)10(12)13)6-9-16-7(2)5-8(3)17-9/h7-10H,4-6H2,1-3H3. The van der Waals surface area contributed by atoms with E-state index in [4.69, 9.17) is 32.7 Å². The van der Waals surface area contributed by atoms with Gasteiger partial charge in [0.15, 0.2) is 11.1 Å². The molecular formula is C11H19Cl2NO3. The van der Waals surface area contributed by atoms with Crippen LogP contribution >= 0.6 is 23.2 Å². The maximum absolute atomic E-state index is 11.7. The Morgan fingerprint density at radius 3 is 2.29 bits per heavy atom. The Morgan fingerprint density at radius 1 is 1.35 bits per heavy atom. The summed E-state index contributed by atoms with van der Waals surface area (Å²) in [5, 5.41) is 0. The molecule has 2 unspecified atom stereocenters. The van der Waals surface area contributed by atoms with Crippen LogP contribution in [0.3, 0.4) is 0 Å². The van der Waals surface area contributed by atoms with E-state index in [9.17, 15) is 4.79 Å². The van der Waals surface area contributed by atoms with Crippen molar-refractivity contribution in [3.8, 4) is 0 Å². The van der Waals surface area contributed by atoms with Crippen molar-refractivity contribution in [1.82, 2.24) is 4.90 Å². The Bertz CT molecular complexity index is 253. The summed E-state index contributed by atoms with van der Waals surface area (Å²) in [5.74, 6) is -0.311. The predicted molar refractivity (Wildman–Crippen MR) is 67.2 cm³/mol. The number of ether oxygens (including phenoxy) is 2. The normalized spacial score (nSPS) is 29.4. The molecule has 0 saturated carbocycles. The number of rotatable bonds is 4. The number of alkyl halides is 2. The summed E-state index contributed by atoms with van der Waals surface area (Å²) < 4.78 is 11.2. The van der Waals surface area contributed by atoms with Gasteiger partial charge in [-0.25, -0.2) is 0 Å². The molecular weight excluding hydrogens is 265 g/mol. The van der Waals surface area contributed by atoms with Gasteiger partial charge in [-0.3, -0.25) is 4.79 Å². The van der Waals surface area contributed by atoms with Crippen molar-refractivity contribution in [3.05, 3.63) is 0 Å². The summed E-state index contributed by atoms with van der Waals surface area (Å²) in [7, 11) is 0. The fraction of sp³-hybridized carbons (Fsp3) is 0.909. The largest absolute Gasteiger partial charge is 0.348 e. The van der Waals surface area contributed by atoms with E-state index in [2.05, 4.69) is 0 Å². The number of likely N-dealkylation sites (N-methyl/N-ethyl adjacent to an activating group) is 1. The second-order valence-electron chi connectivity index (χ2n) is 4.24. The average molecular weight is 284 g/mol. The number of amides is 1. The first kappa shape index (κ1) is 15.0. The number of halogens is 2. The minimum Gasteiger partial charge on any atom is -0.348 e. The van der Waals surface area contributed by atoms with Crippen molar-refractivity contribution < 1.29 is 14.3 Å². The molecule has 0 aromatic carbocycles. The highest BCUT2D eigenvalue weighted by molar-refractivity contribution is 6.53. The predicted octanol–water partition coefficient (Wildman–Crippen LogP) is 2.18. The molecule has 1 aliphatic rings. The zero-order chi connectivity index (χ0) is 13.0. The number of carbonyl (C=O) groups excluding carboxylic acids is 1. The van der Waals surface area contributed by atoms with Gasteiger partial charge >= 0.3 is 0 Å². The monoisotopic (exact) mass is 283 g/mol. The number of hydrogen-bond acceptors (Lipinski definition) is 3. The molecule has 1 amide bonds. The summed E-state index contributed by atoms with van der Waals surface area (Å²) in [6.07, 6.45) is 0.745. The van der Waals surface area contributed by atoms with Gasteiger partial charge in [-0.1, -0.05) is 23.2 Å². The molecule has 1 rings (SSSR count). The molecule has 1 fully saturated rings. The van der Waals surface area contributed by atoms with Crippen LogP contribution in [0.25, 0.3) is 0 Å². The fourth-order valence-electron chi connectivity index (χ4n) is 1.91. The first-order valence-electron chi connectivity index (χ1n) is 5.81. The Balaban J connectivity index is 2.53. The van der Waals surface area contributed by atoms with Crippen molar-refractivity contribution in [1.29, 1.82) is 0 Å². The van der Waals surface area contributed by atoms with Crippen molar-refractivity contribution >= 4 is 29.1 Å². The molecule has 0 aromatic rings. The fourth-order valence-corrected chi connectivity index (χ4v) is 2.18. The first-order valence-corrected chi connectivity index (χ1v) is 6.69. The molecule has 1 aliphatic heterocycles. The third-order valence-electron chi connectivity index (χ3n) is 2.68. The summed E-state index contributed by atoms with van der Waals surface area (Å²) in [6.45, 7) is 6.75. The van der Waals surface area contributed by atoms with Gasteiger partial charge in [-0.2, -0.15) is 0 Å². The Hall–Kier alpha value is -0.0300. The van der Waals surface area contributed by atoms with Crippen LogP contribution in [0.5, 0.6) is 0 Å². The van der Waals surface area contributed by atoms with Crippen molar-refractivity contribution in [2.45, 2.75) is 50.5 Å². The molecule has 0 N–H and O–H groups in total. The van der Waals surface area contributed by atoms with Crippen LogP contribution in [0, 0.1) is 0 Å². The van der Waals surface area contributed by atoms with Crippen LogP contribution in [-0.2, 0) is 14.3 Å².